The molecule has 0 spiro atoms. The second-order valence-corrected chi connectivity index (χ2v) is 13.2. The number of nitrogens with one attached hydrogen (secondary N) is 1. The molecular formula is C33H45NO7. The standard InChI is InChI=1S/C33H45NO7/c1-17(2)9-10-21(22-12-14-40-32(6,7)16-22)11-13-34-19(4)25-23(36)15-24-33(8,31(25)39)27-29(38)18(3)28(37)26(20(5)35)30(27)41-24/h15,17,21-22,34,37-38H,9-14,16H2,1-8H3. The van der Waals surface area contributed by atoms with Gasteiger partial charge >= 0.3 is 0 Å². The van der Waals surface area contributed by atoms with E-state index >= 15 is 0 Å². The molecule has 0 radical (unpaired) electrons. The Morgan fingerprint density at radius 3 is 2.39 bits per heavy atom. The van der Waals surface area contributed by atoms with Crippen LogP contribution in [0.4, 0.5) is 0 Å². The maximum atomic E-state index is 14.1. The third-order valence-corrected chi connectivity index (χ3v) is 9.18. The van der Waals surface area contributed by atoms with Crippen LogP contribution in [0.25, 0.3) is 0 Å². The van der Waals surface area contributed by atoms with Crippen LogP contribution in [0, 0.1) is 24.7 Å². The highest BCUT2D eigenvalue weighted by Gasteiger charge is 2.56. The molecule has 8 nitrogen and oxygen atoms in total. The fraction of sp³-hybridized carbons (Fsp3) is 0.606. The van der Waals surface area contributed by atoms with Gasteiger partial charge in [0.15, 0.2) is 17.3 Å². The summed E-state index contributed by atoms with van der Waals surface area (Å²) >= 11 is 0. The molecule has 1 saturated heterocycles. The molecule has 41 heavy (non-hydrogen) atoms. The summed E-state index contributed by atoms with van der Waals surface area (Å²) in [7, 11) is 0. The Bertz CT molecular complexity index is 1340. The van der Waals surface area contributed by atoms with Gasteiger partial charge in [-0.25, -0.2) is 0 Å². The van der Waals surface area contributed by atoms with Gasteiger partial charge in [0.2, 0.25) is 0 Å². The summed E-state index contributed by atoms with van der Waals surface area (Å²) in [6.07, 6.45) is 6.48. The van der Waals surface area contributed by atoms with Crippen molar-refractivity contribution in [3.63, 3.8) is 0 Å². The predicted molar refractivity (Wildman–Crippen MR) is 156 cm³/mol. The minimum absolute atomic E-state index is 0.00753. The number of fused-ring (bicyclic) bond motifs is 3. The number of phenols is 2. The van der Waals surface area contributed by atoms with E-state index in [9.17, 15) is 24.6 Å². The molecule has 1 aliphatic carbocycles. The van der Waals surface area contributed by atoms with Crippen molar-refractivity contribution >= 4 is 17.3 Å². The van der Waals surface area contributed by atoms with Crippen LogP contribution in [0.15, 0.2) is 23.1 Å². The first-order chi connectivity index (χ1) is 19.1. The van der Waals surface area contributed by atoms with Crippen LogP contribution in [0.5, 0.6) is 17.2 Å². The monoisotopic (exact) mass is 567 g/mol. The van der Waals surface area contributed by atoms with Crippen LogP contribution in [0.2, 0.25) is 0 Å². The van der Waals surface area contributed by atoms with Gasteiger partial charge in [-0.15, -0.1) is 0 Å². The zero-order valence-electron chi connectivity index (χ0n) is 25.7. The highest BCUT2D eigenvalue weighted by Crippen LogP contribution is 2.57. The number of hydrogen-bond acceptors (Lipinski definition) is 8. The smallest absolute Gasteiger partial charge is 0.194 e. The van der Waals surface area contributed by atoms with Crippen molar-refractivity contribution in [2.75, 3.05) is 13.2 Å². The summed E-state index contributed by atoms with van der Waals surface area (Å²) in [5, 5.41) is 24.9. The van der Waals surface area contributed by atoms with Gasteiger partial charge in [0, 0.05) is 30.5 Å². The molecule has 3 aliphatic rings. The Morgan fingerprint density at radius 1 is 1.10 bits per heavy atom. The number of Topliss-reactive ketones (excluding diaryl/α,β-unsaturated/α-hetero) is 2. The first-order valence-corrected chi connectivity index (χ1v) is 14.8. The van der Waals surface area contributed by atoms with Crippen molar-refractivity contribution in [2.45, 2.75) is 98.5 Å². The van der Waals surface area contributed by atoms with E-state index in [1.54, 1.807) is 13.8 Å². The minimum Gasteiger partial charge on any atom is -0.507 e. The third-order valence-electron chi connectivity index (χ3n) is 9.18. The van der Waals surface area contributed by atoms with E-state index in [1.807, 2.05) is 0 Å². The first-order valence-electron chi connectivity index (χ1n) is 14.8. The lowest BCUT2D eigenvalue weighted by Gasteiger charge is -2.39. The Morgan fingerprint density at radius 2 is 1.78 bits per heavy atom. The largest absolute Gasteiger partial charge is 0.507 e. The Hall–Kier alpha value is -3.13. The van der Waals surface area contributed by atoms with E-state index in [0.717, 1.165) is 38.7 Å². The molecular weight excluding hydrogens is 522 g/mol. The second-order valence-electron chi connectivity index (χ2n) is 13.2. The number of carbonyl (C=O) groups is 3. The first kappa shape index (κ1) is 30.8. The number of carbonyl (C=O) groups excluding carboxylic acids is 3. The minimum atomic E-state index is -1.51. The molecule has 3 N–H and O–H groups in total. The van der Waals surface area contributed by atoms with Crippen LogP contribution in [0.1, 0.15) is 102 Å². The Labute approximate surface area is 243 Å². The fourth-order valence-corrected chi connectivity index (χ4v) is 6.74. The number of ether oxygens (including phenoxy) is 2. The van der Waals surface area contributed by atoms with Gasteiger partial charge in [0.25, 0.3) is 0 Å². The average Bonchev–Trinajstić information content (AvgIpc) is 3.16. The normalized spacial score (nSPS) is 25.3. The number of ketones is 3. The number of allylic oxidation sites excluding steroid dienone is 4. The van der Waals surface area contributed by atoms with Gasteiger partial charge in [0.1, 0.15) is 34.0 Å². The van der Waals surface area contributed by atoms with Crippen LogP contribution >= 0.6 is 0 Å². The molecule has 8 heteroatoms. The van der Waals surface area contributed by atoms with Crippen LogP contribution in [-0.4, -0.2) is 46.3 Å². The van der Waals surface area contributed by atoms with E-state index < -0.39 is 28.5 Å². The number of aromatic hydroxyl groups is 2. The fourth-order valence-electron chi connectivity index (χ4n) is 6.74. The zero-order chi connectivity index (χ0) is 30.4. The molecule has 2 heterocycles. The maximum absolute atomic E-state index is 14.1. The van der Waals surface area contributed by atoms with Gasteiger partial charge in [-0.2, -0.15) is 0 Å². The lowest BCUT2D eigenvalue weighted by atomic mass is 9.70. The lowest BCUT2D eigenvalue weighted by Crippen LogP contribution is -2.41. The van der Waals surface area contributed by atoms with Crippen molar-refractivity contribution in [1.82, 2.24) is 5.32 Å². The molecule has 2 aliphatic heterocycles. The van der Waals surface area contributed by atoms with Crippen molar-refractivity contribution in [3.8, 4) is 17.2 Å². The Kier molecular flexibility index (Phi) is 8.47. The van der Waals surface area contributed by atoms with Crippen LogP contribution in [-0.2, 0) is 19.7 Å². The molecule has 0 bridgehead atoms. The maximum Gasteiger partial charge on any atom is 0.194 e. The second kappa shape index (κ2) is 11.3. The average molecular weight is 568 g/mol. The summed E-state index contributed by atoms with van der Waals surface area (Å²) < 4.78 is 11.8. The highest BCUT2D eigenvalue weighted by molar-refractivity contribution is 6.31. The third kappa shape index (κ3) is 5.55. The predicted octanol–water partition coefficient (Wildman–Crippen LogP) is 5.81. The molecule has 3 unspecified atom stereocenters. The number of benzene rings is 1. The van der Waals surface area contributed by atoms with Gasteiger partial charge in [0.05, 0.1) is 16.7 Å². The van der Waals surface area contributed by atoms with E-state index in [0.29, 0.717) is 30.0 Å². The summed E-state index contributed by atoms with van der Waals surface area (Å²) in [5.74, 6) is -0.572. The van der Waals surface area contributed by atoms with E-state index in [4.69, 9.17) is 9.47 Å². The highest BCUT2D eigenvalue weighted by atomic mass is 16.5. The lowest BCUT2D eigenvalue weighted by molar-refractivity contribution is -0.123. The number of hydrogen-bond donors (Lipinski definition) is 3. The van der Waals surface area contributed by atoms with E-state index in [-0.39, 0.29) is 45.1 Å². The van der Waals surface area contributed by atoms with Gasteiger partial charge in [-0.3, -0.25) is 14.4 Å². The van der Waals surface area contributed by atoms with Gasteiger partial charge in [-0.05, 0) is 85.0 Å². The molecule has 0 saturated carbocycles. The molecule has 1 fully saturated rings. The number of rotatable bonds is 9. The molecule has 1 aromatic rings. The van der Waals surface area contributed by atoms with Crippen molar-refractivity contribution in [2.24, 2.45) is 17.8 Å². The molecule has 0 amide bonds. The SMILES string of the molecule is CC(=O)c1c(O)c(C)c(O)c2c1OC1=CC(=O)C(=C(C)NCCC(CCC(C)C)C3CCOC(C)(C)C3)C(=O)C12C. The zero-order valence-corrected chi connectivity index (χ0v) is 25.7. The van der Waals surface area contributed by atoms with Crippen molar-refractivity contribution in [1.29, 1.82) is 0 Å². The number of phenolic OH excluding ortho intramolecular Hbond substituents is 2. The summed E-state index contributed by atoms with van der Waals surface area (Å²) in [4.78, 5) is 39.7. The summed E-state index contributed by atoms with van der Waals surface area (Å²) in [5.41, 5.74) is -1.10. The molecule has 1 aromatic carbocycles. The van der Waals surface area contributed by atoms with Gasteiger partial charge in [-0.1, -0.05) is 20.3 Å². The van der Waals surface area contributed by atoms with Crippen molar-refractivity contribution < 1.29 is 34.1 Å². The molecule has 224 valence electrons. The van der Waals surface area contributed by atoms with Crippen molar-refractivity contribution in [3.05, 3.63) is 39.8 Å². The van der Waals surface area contributed by atoms with E-state index in [1.165, 1.54) is 19.9 Å². The van der Waals surface area contributed by atoms with Gasteiger partial charge < -0.3 is 25.0 Å². The van der Waals surface area contributed by atoms with Crippen LogP contribution in [0.3, 0.4) is 0 Å². The van der Waals surface area contributed by atoms with E-state index in [2.05, 4.69) is 33.0 Å². The van der Waals surface area contributed by atoms with Crippen LogP contribution < -0.4 is 10.1 Å². The Balaban J connectivity index is 1.61. The summed E-state index contributed by atoms with van der Waals surface area (Å²) in [6, 6.07) is 0. The molecule has 3 atom stereocenters. The molecule has 0 aromatic heterocycles. The summed E-state index contributed by atoms with van der Waals surface area (Å²) in [6.45, 7) is 16.2. The topological polar surface area (TPSA) is 122 Å². The molecule has 4 rings (SSSR count). The quantitative estimate of drug-likeness (QED) is 0.194.